The maximum atomic E-state index is 11.0. The van der Waals surface area contributed by atoms with E-state index in [1.807, 2.05) is 6.92 Å². The van der Waals surface area contributed by atoms with Gasteiger partial charge in [-0.15, -0.1) is 0 Å². The van der Waals surface area contributed by atoms with Crippen LogP contribution in [0.15, 0.2) is 18.2 Å². The fourth-order valence-corrected chi connectivity index (χ4v) is 3.16. The van der Waals surface area contributed by atoms with Crippen molar-refractivity contribution >= 4 is 25.4 Å². The smallest absolute Gasteiger partial charge is 0.276 e. The van der Waals surface area contributed by atoms with Crippen molar-refractivity contribution in [3.8, 4) is 5.75 Å². The molecule has 0 aliphatic heterocycles. The van der Waals surface area contributed by atoms with Crippen LogP contribution in [-0.4, -0.2) is 25.7 Å². The van der Waals surface area contributed by atoms with Crippen LogP contribution in [0, 0.1) is 23.0 Å². The molecule has 0 fully saturated rings. The molecule has 0 N–H and O–H groups in total. The summed E-state index contributed by atoms with van der Waals surface area (Å²) in [5.41, 5.74) is 0.390. The minimum atomic E-state index is -3.59. The van der Waals surface area contributed by atoms with E-state index in [4.69, 9.17) is 15.4 Å². The zero-order chi connectivity index (χ0) is 15.3. The lowest BCUT2D eigenvalue weighted by atomic mass is 10.1. The second kappa shape index (κ2) is 6.90. The summed E-state index contributed by atoms with van der Waals surface area (Å²) in [5, 5.41) is 10.8. The molecule has 1 aromatic rings. The monoisotopic (exact) mass is 321 g/mol. The fraction of sp³-hybridized carbons (Fsp3) is 0.500. The van der Waals surface area contributed by atoms with Crippen molar-refractivity contribution in [2.24, 2.45) is 5.92 Å². The molecule has 6 nitrogen and oxygen atoms in total. The van der Waals surface area contributed by atoms with Crippen LogP contribution in [0.25, 0.3) is 0 Å². The summed E-state index contributed by atoms with van der Waals surface area (Å²) >= 11 is 0. The second-order valence-corrected chi connectivity index (χ2v) is 7.27. The first kappa shape index (κ1) is 16.7. The number of benzene rings is 1. The normalized spacial score (nSPS) is 12.9. The maximum absolute atomic E-state index is 11.0. The third-order valence-corrected chi connectivity index (χ3v) is 4.19. The molecule has 0 heterocycles. The molecule has 0 spiro atoms. The molecule has 0 saturated carbocycles. The van der Waals surface area contributed by atoms with Gasteiger partial charge in [0.2, 0.25) is 9.05 Å². The van der Waals surface area contributed by atoms with Gasteiger partial charge in [0.1, 0.15) is 5.75 Å². The van der Waals surface area contributed by atoms with Crippen LogP contribution in [0.2, 0.25) is 0 Å². The Hall–Kier alpha value is -1.34. The van der Waals surface area contributed by atoms with Crippen molar-refractivity contribution in [1.29, 1.82) is 0 Å². The second-order valence-electron chi connectivity index (χ2n) is 4.45. The van der Waals surface area contributed by atoms with Gasteiger partial charge in [-0.2, -0.15) is 0 Å². The van der Waals surface area contributed by atoms with Gasteiger partial charge in [0.15, 0.2) is 0 Å². The summed E-state index contributed by atoms with van der Waals surface area (Å²) in [6.45, 7) is 3.56. The van der Waals surface area contributed by atoms with Crippen LogP contribution in [0.3, 0.4) is 0 Å². The van der Waals surface area contributed by atoms with E-state index in [0.717, 1.165) is 0 Å². The number of hydrogen-bond donors (Lipinski definition) is 0. The van der Waals surface area contributed by atoms with Crippen LogP contribution in [0.1, 0.15) is 18.9 Å². The van der Waals surface area contributed by atoms with E-state index in [1.54, 1.807) is 13.0 Å². The van der Waals surface area contributed by atoms with Crippen LogP contribution < -0.4 is 4.74 Å². The van der Waals surface area contributed by atoms with Crippen LogP contribution in [0.5, 0.6) is 5.75 Å². The Morgan fingerprint density at radius 2 is 2.10 bits per heavy atom. The third-order valence-electron chi connectivity index (χ3n) is 2.94. The van der Waals surface area contributed by atoms with Gasteiger partial charge >= 0.3 is 0 Å². The lowest BCUT2D eigenvalue weighted by Crippen LogP contribution is -2.19. The Labute approximate surface area is 122 Å². The summed E-state index contributed by atoms with van der Waals surface area (Å²) in [5.74, 6) is -0.0558. The largest absolute Gasteiger partial charge is 0.493 e. The standard InChI is InChI=1S/C12H16ClNO5S/c1-3-10(8-20(13,17)18)7-19-12-6-4-5-11(9(12)2)14(15)16/h4-6,10H,3,7-8H2,1-2H3. The first-order valence-corrected chi connectivity index (χ1v) is 8.51. The quantitative estimate of drug-likeness (QED) is 0.438. The minimum Gasteiger partial charge on any atom is -0.493 e. The number of nitrogens with zero attached hydrogens (tertiary/aromatic N) is 1. The molecule has 8 heteroatoms. The predicted octanol–water partition coefficient (Wildman–Crippen LogP) is 2.88. The van der Waals surface area contributed by atoms with E-state index < -0.39 is 14.0 Å². The number of nitro groups is 1. The molecule has 20 heavy (non-hydrogen) atoms. The van der Waals surface area contributed by atoms with Gasteiger partial charge in [-0.25, -0.2) is 8.42 Å². The molecule has 0 bridgehead atoms. The summed E-state index contributed by atoms with van der Waals surface area (Å²) in [6, 6.07) is 4.53. The van der Waals surface area contributed by atoms with Crippen molar-refractivity contribution in [3.05, 3.63) is 33.9 Å². The first-order chi connectivity index (χ1) is 9.24. The molecule has 112 valence electrons. The average molecular weight is 322 g/mol. The van der Waals surface area contributed by atoms with E-state index >= 15 is 0 Å². The topological polar surface area (TPSA) is 86.5 Å². The highest BCUT2D eigenvalue weighted by Crippen LogP contribution is 2.27. The van der Waals surface area contributed by atoms with Gasteiger partial charge in [-0.3, -0.25) is 10.1 Å². The molecule has 1 aromatic carbocycles. The van der Waals surface area contributed by atoms with Gasteiger partial charge < -0.3 is 4.74 Å². The molecule has 0 radical (unpaired) electrons. The molecule has 1 rings (SSSR count). The molecular formula is C12H16ClNO5S. The fourth-order valence-electron chi connectivity index (χ4n) is 1.73. The van der Waals surface area contributed by atoms with E-state index in [-0.39, 0.29) is 24.0 Å². The van der Waals surface area contributed by atoms with E-state index in [9.17, 15) is 18.5 Å². The lowest BCUT2D eigenvalue weighted by Gasteiger charge is -2.15. The SMILES string of the molecule is CCC(COc1cccc([N+](=O)[O-])c1C)CS(=O)(=O)Cl. The number of halogens is 1. The maximum Gasteiger partial charge on any atom is 0.276 e. The van der Waals surface area contributed by atoms with E-state index in [1.165, 1.54) is 12.1 Å². The van der Waals surface area contributed by atoms with Crippen LogP contribution in [-0.2, 0) is 9.05 Å². The first-order valence-electron chi connectivity index (χ1n) is 6.03. The Morgan fingerprint density at radius 3 is 2.60 bits per heavy atom. The molecular weight excluding hydrogens is 306 g/mol. The van der Waals surface area contributed by atoms with Crippen molar-refractivity contribution < 1.29 is 18.1 Å². The summed E-state index contributed by atoms with van der Waals surface area (Å²) < 4.78 is 27.6. The zero-order valence-corrected chi connectivity index (χ0v) is 12.8. The van der Waals surface area contributed by atoms with Crippen molar-refractivity contribution in [3.63, 3.8) is 0 Å². The highest BCUT2D eigenvalue weighted by Gasteiger charge is 2.18. The molecule has 0 aliphatic carbocycles. The molecule has 1 unspecified atom stereocenters. The highest BCUT2D eigenvalue weighted by atomic mass is 35.7. The number of nitro benzene ring substituents is 1. The van der Waals surface area contributed by atoms with E-state index in [0.29, 0.717) is 17.7 Å². The molecule has 0 amide bonds. The molecule has 1 atom stereocenters. The number of rotatable bonds is 7. The molecule has 0 saturated heterocycles. The van der Waals surface area contributed by atoms with Crippen molar-refractivity contribution in [2.75, 3.05) is 12.4 Å². The number of ether oxygens (including phenoxy) is 1. The zero-order valence-electron chi connectivity index (χ0n) is 11.2. The Bertz CT molecular complexity index is 588. The van der Waals surface area contributed by atoms with Gasteiger partial charge in [0, 0.05) is 22.7 Å². The highest BCUT2D eigenvalue weighted by molar-refractivity contribution is 8.13. The lowest BCUT2D eigenvalue weighted by molar-refractivity contribution is -0.385. The summed E-state index contributed by atoms with van der Waals surface area (Å²) in [7, 11) is 1.63. The Morgan fingerprint density at radius 1 is 1.45 bits per heavy atom. The predicted molar refractivity (Wildman–Crippen MR) is 76.7 cm³/mol. The van der Waals surface area contributed by atoms with Crippen molar-refractivity contribution in [2.45, 2.75) is 20.3 Å². The van der Waals surface area contributed by atoms with Gasteiger partial charge in [-0.05, 0) is 19.4 Å². The third kappa shape index (κ3) is 4.97. The Balaban J connectivity index is 2.79. The number of hydrogen-bond acceptors (Lipinski definition) is 5. The van der Waals surface area contributed by atoms with Gasteiger partial charge in [0.25, 0.3) is 5.69 Å². The van der Waals surface area contributed by atoms with Crippen molar-refractivity contribution in [1.82, 2.24) is 0 Å². The molecule has 0 aromatic heterocycles. The van der Waals surface area contributed by atoms with E-state index in [2.05, 4.69) is 0 Å². The van der Waals surface area contributed by atoms with Gasteiger partial charge in [-0.1, -0.05) is 13.0 Å². The average Bonchev–Trinajstić information content (AvgIpc) is 2.34. The minimum absolute atomic E-state index is 0.0273. The van der Waals surface area contributed by atoms with Crippen LogP contribution in [0.4, 0.5) is 5.69 Å². The summed E-state index contributed by atoms with van der Waals surface area (Å²) in [4.78, 5) is 10.3. The van der Waals surface area contributed by atoms with Gasteiger partial charge in [0.05, 0.1) is 22.8 Å². The van der Waals surface area contributed by atoms with Crippen LogP contribution >= 0.6 is 10.7 Å². The molecule has 0 aliphatic rings. The summed E-state index contributed by atoms with van der Waals surface area (Å²) in [6.07, 6.45) is 0.583. The Kier molecular flexibility index (Phi) is 5.76.